The van der Waals surface area contributed by atoms with Gasteiger partial charge in [-0.25, -0.2) is 14.4 Å². The zero-order valence-electron chi connectivity index (χ0n) is 14.1. The molecular weight excluding hydrogens is 339 g/mol. The Bertz CT molecular complexity index is 909. The second kappa shape index (κ2) is 7.22. The number of nitrogens with two attached hydrogens (primary N) is 1. The van der Waals surface area contributed by atoms with Crippen LogP contribution >= 0.6 is 0 Å². The van der Waals surface area contributed by atoms with Gasteiger partial charge >= 0.3 is 0 Å². The largest absolute Gasteiger partial charge is 0.476 e. The summed E-state index contributed by atoms with van der Waals surface area (Å²) < 4.78 is 26.2. The quantitative estimate of drug-likeness (QED) is 0.733. The van der Waals surface area contributed by atoms with E-state index in [4.69, 9.17) is 15.2 Å². The maximum Gasteiger partial charge on any atom is 0.219 e. The number of morpholine rings is 1. The molecule has 4 heterocycles. The Morgan fingerprint density at radius 2 is 2.08 bits per heavy atom. The molecule has 0 spiro atoms. The number of fused-ring (bicyclic) bond motifs is 1. The highest BCUT2D eigenvalue weighted by Gasteiger charge is 2.13. The maximum absolute atomic E-state index is 13.6. The summed E-state index contributed by atoms with van der Waals surface area (Å²) in [6.07, 6.45) is 2.92. The fourth-order valence-electron chi connectivity index (χ4n) is 2.86. The SMILES string of the molecule is Nc1cc(OCCN2CCOCC2)nc(-c2cnc3ccc(F)cn23)n1. The van der Waals surface area contributed by atoms with E-state index in [2.05, 4.69) is 19.9 Å². The summed E-state index contributed by atoms with van der Waals surface area (Å²) in [5.41, 5.74) is 7.04. The molecule has 0 aromatic carbocycles. The van der Waals surface area contributed by atoms with Crippen molar-refractivity contribution in [1.29, 1.82) is 0 Å². The van der Waals surface area contributed by atoms with Crippen LogP contribution in [0, 0.1) is 5.82 Å². The fourth-order valence-corrected chi connectivity index (χ4v) is 2.86. The first-order valence-corrected chi connectivity index (χ1v) is 8.39. The van der Waals surface area contributed by atoms with E-state index < -0.39 is 0 Å². The van der Waals surface area contributed by atoms with E-state index in [1.54, 1.807) is 22.7 Å². The van der Waals surface area contributed by atoms with Crippen molar-refractivity contribution in [3.05, 3.63) is 36.4 Å². The molecule has 4 rings (SSSR count). The fraction of sp³-hybridized carbons (Fsp3) is 0.353. The van der Waals surface area contributed by atoms with E-state index in [9.17, 15) is 4.39 Å². The van der Waals surface area contributed by atoms with Crippen LogP contribution < -0.4 is 10.5 Å². The summed E-state index contributed by atoms with van der Waals surface area (Å²) >= 11 is 0. The van der Waals surface area contributed by atoms with Crippen LogP contribution in [0.1, 0.15) is 0 Å². The van der Waals surface area contributed by atoms with Crippen molar-refractivity contribution in [2.45, 2.75) is 0 Å². The number of imidazole rings is 1. The Balaban J connectivity index is 1.52. The molecule has 0 saturated carbocycles. The monoisotopic (exact) mass is 358 g/mol. The summed E-state index contributed by atoms with van der Waals surface area (Å²) in [5, 5.41) is 0. The van der Waals surface area contributed by atoms with E-state index in [0.717, 1.165) is 32.8 Å². The average Bonchev–Trinajstić information content (AvgIpc) is 3.05. The van der Waals surface area contributed by atoms with Crippen LogP contribution in [0.3, 0.4) is 0 Å². The van der Waals surface area contributed by atoms with E-state index in [0.29, 0.717) is 29.7 Å². The lowest BCUT2D eigenvalue weighted by Gasteiger charge is -2.26. The topological polar surface area (TPSA) is 90.8 Å². The molecule has 0 amide bonds. The van der Waals surface area contributed by atoms with Crippen LogP contribution in [0.4, 0.5) is 10.2 Å². The van der Waals surface area contributed by atoms with Gasteiger partial charge in [0.25, 0.3) is 0 Å². The molecule has 136 valence electrons. The second-order valence-corrected chi connectivity index (χ2v) is 5.98. The van der Waals surface area contributed by atoms with Crippen LogP contribution in [0.2, 0.25) is 0 Å². The van der Waals surface area contributed by atoms with Crippen molar-refractivity contribution < 1.29 is 13.9 Å². The van der Waals surface area contributed by atoms with Gasteiger partial charge in [-0.05, 0) is 12.1 Å². The Kier molecular flexibility index (Phi) is 4.63. The number of halogens is 1. The van der Waals surface area contributed by atoms with E-state index in [1.807, 2.05) is 0 Å². The molecule has 2 N–H and O–H groups in total. The number of nitrogen functional groups attached to an aromatic ring is 1. The molecule has 9 heteroatoms. The van der Waals surface area contributed by atoms with Crippen LogP contribution in [0.5, 0.6) is 5.88 Å². The van der Waals surface area contributed by atoms with Gasteiger partial charge in [0.1, 0.15) is 29.6 Å². The molecular formula is C17H19FN6O2. The molecule has 8 nitrogen and oxygen atoms in total. The van der Waals surface area contributed by atoms with Crippen molar-refractivity contribution in [3.63, 3.8) is 0 Å². The number of hydrogen-bond donors (Lipinski definition) is 1. The van der Waals surface area contributed by atoms with Gasteiger partial charge in [0.2, 0.25) is 5.88 Å². The van der Waals surface area contributed by atoms with Gasteiger partial charge in [0.15, 0.2) is 5.82 Å². The van der Waals surface area contributed by atoms with Crippen LogP contribution in [-0.2, 0) is 4.74 Å². The van der Waals surface area contributed by atoms with Gasteiger partial charge in [-0.3, -0.25) is 9.30 Å². The first-order valence-electron chi connectivity index (χ1n) is 8.39. The molecule has 0 aliphatic carbocycles. The lowest BCUT2D eigenvalue weighted by atomic mass is 10.4. The maximum atomic E-state index is 13.6. The standard InChI is InChI=1S/C17H19FN6O2/c18-12-1-2-15-20-10-13(24(15)11-12)17-21-14(19)9-16(22-17)26-8-5-23-3-6-25-7-4-23/h1-2,9-11H,3-8H2,(H2,19,21,22). The van der Waals surface area contributed by atoms with E-state index in [-0.39, 0.29) is 11.6 Å². The molecule has 0 unspecified atom stereocenters. The van der Waals surface area contributed by atoms with Gasteiger partial charge in [-0.15, -0.1) is 0 Å². The van der Waals surface area contributed by atoms with Gasteiger partial charge < -0.3 is 15.2 Å². The highest BCUT2D eigenvalue weighted by Crippen LogP contribution is 2.22. The van der Waals surface area contributed by atoms with Crippen LogP contribution in [0.25, 0.3) is 17.2 Å². The normalized spacial score (nSPS) is 15.4. The number of rotatable bonds is 5. The first kappa shape index (κ1) is 16.7. The molecule has 0 bridgehead atoms. The Morgan fingerprint density at radius 1 is 1.23 bits per heavy atom. The summed E-state index contributed by atoms with van der Waals surface area (Å²) in [5.74, 6) is 0.627. The molecule has 1 aliphatic heterocycles. The molecule has 3 aromatic rings. The lowest BCUT2D eigenvalue weighted by molar-refractivity contribution is 0.0320. The third-order valence-electron chi connectivity index (χ3n) is 4.18. The van der Waals surface area contributed by atoms with Crippen molar-refractivity contribution in [2.75, 3.05) is 45.2 Å². The van der Waals surface area contributed by atoms with Crippen molar-refractivity contribution in [3.8, 4) is 17.4 Å². The van der Waals surface area contributed by atoms with Gasteiger partial charge in [-0.2, -0.15) is 4.98 Å². The number of hydrogen-bond acceptors (Lipinski definition) is 7. The first-order chi connectivity index (χ1) is 12.7. The minimum atomic E-state index is -0.373. The van der Waals surface area contributed by atoms with Crippen LogP contribution in [0.15, 0.2) is 30.6 Å². The third-order valence-corrected chi connectivity index (χ3v) is 4.18. The number of ether oxygens (including phenoxy) is 2. The number of pyridine rings is 1. The molecule has 1 aliphatic rings. The van der Waals surface area contributed by atoms with Crippen molar-refractivity contribution in [1.82, 2.24) is 24.3 Å². The molecule has 0 atom stereocenters. The van der Waals surface area contributed by atoms with Gasteiger partial charge in [0, 0.05) is 31.9 Å². The number of aromatic nitrogens is 4. The molecule has 26 heavy (non-hydrogen) atoms. The highest BCUT2D eigenvalue weighted by molar-refractivity contribution is 5.58. The van der Waals surface area contributed by atoms with Crippen molar-refractivity contribution in [2.24, 2.45) is 0 Å². The predicted octanol–water partition coefficient (Wildman–Crippen LogP) is 1.22. The number of anilines is 1. The van der Waals surface area contributed by atoms with E-state index in [1.165, 1.54) is 12.3 Å². The lowest BCUT2D eigenvalue weighted by Crippen LogP contribution is -2.38. The predicted molar refractivity (Wildman–Crippen MR) is 93.3 cm³/mol. The van der Waals surface area contributed by atoms with Gasteiger partial charge in [-0.1, -0.05) is 0 Å². The minimum absolute atomic E-state index is 0.280. The van der Waals surface area contributed by atoms with Crippen LogP contribution in [-0.4, -0.2) is 63.7 Å². The Labute approximate surface area is 149 Å². The zero-order valence-corrected chi connectivity index (χ0v) is 14.1. The average molecular weight is 358 g/mol. The number of nitrogens with zero attached hydrogens (tertiary/aromatic N) is 5. The third kappa shape index (κ3) is 3.58. The Hall–Kier alpha value is -2.78. The molecule has 3 aromatic heterocycles. The van der Waals surface area contributed by atoms with E-state index >= 15 is 0 Å². The Morgan fingerprint density at radius 3 is 2.92 bits per heavy atom. The van der Waals surface area contributed by atoms with Crippen molar-refractivity contribution >= 4 is 11.5 Å². The summed E-state index contributed by atoms with van der Waals surface area (Å²) in [7, 11) is 0. The summed E-state index contributed by atoms with van der Waals surface area (Å²) in [4.78, 5) is 15.1. The second-order valence-electron chi connectivity index (χ2n) is 5.98. The minimum Gasteiger partial charge on any atom is -0.476 e. The van der Waals surface area contributed by atoms with Gasteiger partial charge in [0.05, 0.1) is 19.4 Å². The molecule has 0 radical (unpaired) electrons. The molecule has 1 saturated heterocycles. The summed E-state index contributed by atoms with van der Waals surface area (Å²) in [6.45, 7) is 4.55. The highest BCUT2D eigenvalue weighted by atomic mass is 19.1. The smallest absolute Gasteiger partial charge is 0.219 e. The zero-order chi connectivity index (χ0) is 17.9. The summed E-state index contributed by atoms with van der Waals surface area (Å²) in [6, 6.07) is 4.52. The molecule has 1 fully saturated rings.